The highest BCUT2D eigenvalue weighted by Gasteiger charge is 2.41. The predicted molar refractivity (Wildman–Crippen MR) is 166 cm³/mol. The Morgan fingerprint density at radius 1 is 1.02 bits per heavy atom. The van der Waals surface area contributed by atoms with E-state index in [0.717, 1.165) is 22.4 Å². The van der Waals surface area contributed by atoms with Gasteiger partial charge in [0.1, 0.15) is 6.61 Å². The Morgan fingerprint density at radius 2 is 1.79 bits per heavy atom. The zero-order valence-electron chi connectivity index (χ0n) is 24.6. The summed E-state index contributed by atoms with van der Waals surface area (Å²) in [6.45, 7) is 6.20. The molecule has 1 atom stereocenters. The van der Waals surface area contributed by atoms with Gasteiger partial charge in [0, 0.05) is 24.6 Å². The summed E-state index contributed by atoms with van der Waals surface area (Å²) in [5, 5.41) is 5.57. The maximum atomic E-state index is 13.5. The molecule has 1 aromatic heterocycles. The zero-order valence-corrected chi connectivity index (χ0v) is 25.4. The molecule has 0 fully saturated rings. The van der Waals surface area contributed by atoms with Crippen LogP contribution in [0, 0.1) is 0 Å². The van der Waals surface area contributed by atoms with Crippen molar-refractivity contribution < 1.29 is 23.8 Å². The van der Waals surface area contributed by atoms with Crippen LogP contribution in [0.1, 0.15) is 49.9 Å². The molecular formula is C33H34N4O5S. The van der Waals surface area contributed by atoms with Gasteiger partial charge in [0.2, 0.25) is 5.91 Å². The summed E-state index contributed by atoms with van der Waals surface area (Å²) in [5.74, 6) is 0.499. The van der Waals surface area contributed by atoms with Crippen LogP contribution in [0.25, 0.3) is 0 Å². The van der Waals surface area contributed by atoms with Crippen LogP contribution in [0.2, 0.25) is 0 Å². The van der Waals surface area contributed by atoms with Crippen molar-refractivity contribution in [2.24, 2.45) is 4.99 Å². The van der Waals surface area contributed by atoms with Crippen LogP contribution in [0.5, 0.6) is 11.5 Å². The predicted octanol–water partition coefficient (Wildman–Crippen LogP) is 5.90. The number of amidine groups is 1. The van der Waals surface area contributed by atoms with Gasteiger partial charge in [-0.3, -0.25) is 9.78 Å². The molecule has 0 saturated carbocycles. The van der Waals surface area contributed by atoms with Gasteiger partial charge in [-0.05, 0) is 67.1 Å². The maximum Gasteiger partial charge on any atom is 0.338 e. The lowest BCUT2D eigenvalue weighted by Gasteiger charge is -2.36. The number of fused-ring (bicyclic) bond motifs is 1. The van der Waals surface area contributed by atoms with Crippen molar-refractivity contribution >= 4 is 28.8 Å². The topological polar surface area (TPSA) is 102 Å². The molecular weight excluding hydrogens is 564 g/mol. The van der Waals surface area contributed by atoms with Crippen LogP contribution in [0.3, 0.4) is 0 Å². The van der Waals surface area contributed by atoms with E-state index < -0.39 is 12.0 Å². The number of aromatic nitrogens is 1. The quantitative estimate of drug-likeness (QED) is 0.272. The van der Waals surface area contributed by atoms with E-state index >= 15 is 0 Å². The van der Waals surface area contributed by atoms with Gasteiger partial charge in [-0.15, -0.1) is 0 Å². The highest BCUT2D eigenvalue weighted by atomic mass is 32.2. The number of rotatable bonds is 11. The van der Waals surface area contributed by atoms with Crippen molar-refractivity contribution in [3.05, 3.63) is 112 Å². The van der Waals surface area contributed by atoms with E-state index in [1.54, 1.807) is 19.5 Å². The van der Waals surface area contributed by atoms with Crippen LogP contribution in [0.4, 0.5) is 0 Å². The number of ether oxygens (including phenoxy) is 3. The van der Waals surface area contributed by atoms with Gasteiger partial charge in [-0.2, -0.15) is 0 Å². The molecule has 10 heteroatoms. The highest BCUT2D eigenvalue weighted by molar-refractivity contribution is 8.16. The Bertz CT molecular complexity index is 1570. The Hall–Kier alpha value is -4.57. The molecule has 2 aromatic carbocycles. The molecule has 3 heterocycles. The lowest BCUT2D eigenvalue weighted by molar-refractivity contribution is -0.143. The van der Waals surface area contributed by atoms with Gasteiger partial charge in [-0.25, -0.2) is 9.79 Å². The van der Waals surface area contributed by atoms with E-state index in [9.17, 15) is 9.59 Å². The number of methoxy groups -OCH3 is 1. The summed E-state index contributed by atoms with van der Waals surface area (Å²) in [5.41, 5.74) is 4.46. The Labute approximate surface area is 255 Å². The van der Waals surface area contributed by atoms with E-state index in [0.29, 0.717) is 41.1 Å². The minimum Gasteiger partial charge on any atom is -0.493 e. The first-order valence-corrected chi connectivity index (χ1v) is 14.9. The van der Waals surface area contributed by atoms with Crippen molar-refractivity contribution in [2.75, 3.05) is 7.11 Å². The second kappa shape index (κ2) is 13.6. The van der Waals surface area contributed by atoms with Crippen molar-refractivity contribution in [1.29, 1.82) is 0 Å². The van der Waals surface area contributed by atoms with Gasteiger partial charge >= 0.3 is 5.97 Å². The molecule has 5 rings (SSSR count). The lowest BCUT2D eigenvalue weighted by Crippen LogP contribution is -2.38. The summed E-state index contributed by atoms with van der Waals surface area (Å²) in [6, 6.07) is 18.6. The highest BCUT2D eigenvalue weighted by Crippen LogP contribution is 2.46. The Balaban J connectivity index is 1.44. The van der Waals surface area contributed by atoms with Crippen molar-refractivity contribution in [3.8, 4) is 11.5 Å². The number of benzene rings is 2. The van der Waals surface area contributed by atoms with Crippen LogP contribution in [0.15, 0.2) is 100 Å². The van der Waals surface area contributed by atoms with E-state index in [2.05, 4.69) is 10.3 Å². The second-order valence-corrected chi connectivity index (χ2v) is 11.2. The minimum atomic E-state index is -0.593. The molecule has 2 aliphatic heterocycles. The lowest BCUT2D eigenvalue weighted by atomic mass is 9.93. The SMILES string of the molecule is COc1cc([C@H]2C(C(=O)OC(C)C)=C(C)N=C3SC=C(CC(=O)NCc4ccncc4)N32)ccc1OCc1ccccc1. The number of carbonyl (C=O) groups excluding carboxylic acids is 2. The summed E-state index contributed by atoms with van der Waals surface area (Å²) >= 11 is 1.42. The van der Waals surface area contributed by atoms with E-state index in [-0.39, 0.29) is 18.4 Å². The number of pyridine rings is 1. The summed E-state index contributed by atoms with van der Waals surface area (Å²) in [7, 11) is 1.58. The first-order chi connectivity index (χ1) is 20.8. The maximum absolute atomic E-state index is 13.5. The monoisotopic (exact) mass is 598 g/mol. The summed E-state index contributed by atoms with van der Waals surface area (Å²) < 4.78 is 17.5. The summed E-state index contributed by atoms with van der Waals surface area (Å²) in [6.07, 6.45) is 3.17. The van der Waals surface area contributed by atoms with Crippen LogP contribution >= 0.6 is 11.8 Å². The molecule has 0 spiro atoms. The average molecular weight is 599 g/mol. The van der Waals surface area contributed by atoms with Crippen LogP contribution in [-0.4, -0.2) is 40.1 Å². The van der Waals surface area contributed by atoms with Crippen LogP contribution in [-0.2, 0) is 27.5 Å². The van der Waals surface area contributed by atoms with E-state index in [4.69, 9.17) is 19.2 Å². The fourth-order valence-corrected chi connectivity index (χ4v) is 5.83. The van der Waals surface area contributed by atoms with Gasteiger partial charge < -0.3 is 24.4 Å². The minimum absolute atomic E-state index is 0.106. The molecule has 222 valence electrons. The molecule has 3 aromatic rings. The van der Waals surface area contributed by atoms with E-state index in [1.165, 1.54) is 11.8 Å². The molecule has 0 radical (unpaired) electrons. The molecule has 0 saturated heterocycles. The normalized spacial score (nSPS) is 15.9. The average Bonchev–Trinajstić information content (AvgIpc) is 3.40. The molecule has 43 heavy (non-hydrogen) atoms. The van der Waals surface area contributed by atoms with Crippen molar-refractivity contribution in [3.63, 3.8) is 0 Å². The summed E-state index contributed by atoms with van der Waals surface area (Å²) in [4.78, 5) is 37.3. The number of nitrogens with zero attached hydrogens (tertiary/aromatic N) is 3. The Kier molecular flexibility index (Phi) is 9.46. The fraction of sp³-hybridized carbons (Fsp3) is 0.273. The molecule has 0 bridgehead atoms. The number of aliphatic imine (C=N–C) groups is 1. The number of esters is 1. The first kappa shape index (κ1) is 29.9. The first-order valence-electron chi connectivity index (χ1n) is 14.0. The second-order valence-electron chi connectivity index (χ2n) is 10.3. The fourth-order valence-electron chi connectivity index (χ4n) is 4.86. The van der Waals surface area contributed by atoms with Crippen molar-refractivity contribution in [2.45, 2.75) is 52.5 Å². The molecule has 0 aliphatic carbocycles. The Morgan fingerprint density at radius 3 is 2.51 bits per heavy atom. The largest absolute Gasteiger partial charge is 0.493 e. The number of allylic oxidation sites excluding steroid dienone is 1. The third kappa shape index (κ3) is 7.09. The van der Waals surface area contributed by atoms with Crippen LogP contribution < -0.4 is 14.8 Å². The number of hydrogen-bond donors (Lipinski definition) is 1. The molecule has 2 aliphatic rings. The van der Waals surface area contributed by atoms with Gasteiger partial charge in [-0.1, -0.05) is 48.2 Å². The van der Waals surface area contributed by atoms with Gasteiger partial charge in [0.15, 0.2) is 16.7 Å². The number of thioether (sulfide) groups is 1. The van der Waals surface area contributed by atoms with E-state index in [1.807, 2.05) is 91.7 Å². The van der Waals surface area contributed by atoms with Crippen molar-refractivity contribution in [1.82, 2.24) is 15.2 Å². The number of carbonyl (C=O) groups is 2. The molecule has 1 N–H and O–H groups in total. The third-order valence-electron chi connectivity index (χ3n) is 6.88. The molecule has 9 nitrogen and oxygen atoms in total. The van der Waals surface area contributed by atoms with Gasteiger partial charge in [0.25, 0.3) is 0 Å². The number of hydrogen-bond acceptors (Lipinski definition) is 9. The smallest absolute Gasteiger partial charge is 0.338 e. The zero-order chi connectivity index (χ0) is 30.3. The number of amides is 1. The molecule has 1 amide bonds. The third-order valence-corrected chi connectivity index (χ3v) is 7.77. The standard InChI is InChI=1S/C33H34N4O5S/c1-21(2)42-32(39)30-22(3)36-33-37(26(20-43-33)17-29(38)35-18-23-12-14-34-15-13-23)31(30)25-10-11-27(28(16-25)40-4)41-19-24-8-6-5-7-9-24/h5-16,20-21,31H,17-19H2,1-4H3,(H,35,38)/t31-/m0/s1. The number of nitrogens with one attached hydrogen (secondary N) is 1. The van der Waals surface area contributed by atoms with Gasteiger partial charge in [0.05, 0.1) is 36.9 Å². The molecule has 0 unspecified atom stereocenters.